The maximum atomic E-state index is 12.2. The van der Waals surface area contributed by atoms with Crippen LogP contribution in [-0.4, -0.2) is 20.9 Å². The first-order valence-electron chi connectivity index (χ1n) is 6.18. The third-order valence-electron chi connectivity index (χ3n) is 3.23. The van der Waals surface area contributed by atoms with E-state index < -0.39 is 18.2 Å². The topological polar surface area (TPSA) is 89.8 Å². The van der Waals surface area contributed by atoms with Gasteiger partial charge in [-0.1, -0.05) is 0 Å². The van der Waals surface area contributed by atoms with Crippen molar-refractivity contribution in [2.75, 3.05) is 5.73 Å². The van der Waals surface area contributed by atoms with Crippen LogP contribution in [0.25, 0.3) is 21.9 Å². The summed E-state index contributed by atoms with van der Waals surface area (Å²) in [4.78, 5) is 15.7. The number of hydrogen-bond acceptors (Lipinski definition) is 4. The molecule has 0 saturated heterocycles. The quantitative estimate of drug-likeness (QED) is 0.777. The molecule has 0 aliphatic heterocycles. The second kappa shape index (κ2) is 4.54. The minimum absolute atomic E-state index is 0.0818. The van der Waals surface area contributed by atoms with E-state index in [4.69, 9.17) is 10.2 Å². The van der Waals surface area contributed by atoms with Gasteiger partial charge in [0.05, 0.1) is 11.1 Å². The Kier molecular flexibility index (Phi) is 2.92. The number of halogens is 3. The van der Waals surface area contributed by atoms with Crippen molar-refractivity contribution in [1.29, 1.82) is 0 Å². The molecular formula is C12H11F3N4O2. The van der Waals surface area contributed by atoms with Gasteiger partial charge in [-0.2, -0.15) is 13.2 Å². The summed E-state index contributed by atoms with van der Waals surface area (Å²) in [6, 6.07) is 0. The predicted octanol–water partition coefficient (Wildman–Crippen LogP) is 2.40. The van der Waals surface area contributed by atoms with Crippen LogP contribution in [0, 0.1) is 0 Å². The second-order valence-corrected chi connectivity index (χ2v) is 4.69. The highest BCUT2D eigenvalue weighted by molar-refractivity contribution is 6.04. The number of nitrogens with one attached hydrogen (secondary N) is 1. The zero-order valence-corrected chi connectivity index (χ0v) is 10.7. The van der Waals surface area contributed by atoms with Crippen LogP contribution in [0.4, 0.5) is 18.9 Å². The Labute approximate surface area is 115 Å². The van der Waals surface area contributed by atoms with Gasteiger partial charge >= 0.3 is 11.8 Å². The molecule has 0 fully saturated rings. The fourth-order valence-corrected chi connectivity index (χ4v) is 2.25. The monoisotopic (exact) mass is 300 g/mol. The standard InChI is InChI=1S/C12H11F3N4O2/c13-12(14,15)2-1-3-19-10-6(4-17-19)9(16)8-7(18-10)5-21-11(8)20/h4-5,17H,1-3,16H2. The van der Waals surface area contributed by atoms with E-state index in [0.717, 1.165) is 0 Å². The molecule has 9 heteroatoms. The minimum atomic E-state index is -4.19. The molecular weight excluding hydrogens is 289 g/mol. The van der Waals surface area contributed by atoms with Crippen molar-refractivity contribution in [1.82, 2.24) is 14.8 Å². The largest absolute Gasteiger partial charge is 0.428 e. The minimum Gasteiger partial charge on any atom is -0.428 e. The molecule has 3 rings (SSSR count). The van der Waals surface area contributed by atoms with Crippen LogP contribution in [0.3, 0.4) is 0 Å². The first-order valence-corrected chi connectivity index (χ1v) is 6.18. The number of pyridine rings is 1. The number of furan rings is 1. The van der Waals surface area contributed by atoms with Crippen molar-refractivity contribution in [3.63, 3.8) is 0 Å². The zero-order chi connectivity index (χ0) is 15.2. The summed E-state index contributed by atoms with van der Waals surface area (Å²) in [7, 11) is 0. The summed E-state index contributed by atoms with van der Waals surface area (Å²) < 4.78 is 42.7. The lowest BCUT2D eigenvalue weighted by Crippen LogP contribution is -2.10. The molecule has 0 aromatic carbocycles. The zero-order valence-electron chi connectivity index (χ0n) is 10.7. The Morgan fingerprint density at radius 1 is 1.43 bits per heavy atom. The number of H-pyrrole nitrogens is 1. The summed E-state index contributed by atoms with van der Waals surface area (Å²) in [5, 5.41) is 3.46. The molecule has 0 unspecified atom stereocenters. The number of nitrogen functional groups attached to an aromatic ring is 1. The van der Waals surface area contributed by atoms with E-state index in [1.807, 2.05) is 0 Å². The van der Waals surface area contributed by atoms with Crippen LogP contribution in [0.5, 0.6) is 0 Å². The van der Waals surface area contributed by atoms with Crippen molar-refractivity contribution in [2.45, 2.75) is 25.6 Å². The second-order valence-electron chi connectivity index (χ2n) is 4.69. The Balaban J connectivity index is 2.00. The van der Waals surface area contributed by atoms with Gasteiger partial charge in [-0.15, -0.1) is 0 Å². The molecule has 0 saturated carbocycles. The number of nitrogens with zero attached hydrogens (tertiary/aromatic N) is 2. The average Bonchev–Trinajstić information content (AvgIpc) is 2.94. The molecule has 6 nitrogen and oxygen atoms in total. The lowest BCUT2D eigenvalue weighted by atomic mass is 10.2. The number of nitrogens with two attached hydrogens (primary N) is 1. The van der Waals surface area contributed by atoms with Crippen LogP contribution in [0.1, 0.15) is 12.8 Å². The Morgan fingerprint density at radius 3 is 2.90 bits per heavy atom. The summed E-state index contributed by atoms with van der Waals surface area (Å²) in [5.74, 6) is 0. The van der Waals surface area contributed by atoms with Crippen LogP contribution >= 0.6 is 0 Å². The lowest BCUT2D eigenvalue weighted by molar-refractivity contribution is -0.135. The number of aromatic nitrogens is 3. The van der Waals surface area contributed by atoms with E-state index in [-0.39, 0.29) is 29.6 Å². The van der Waals surface area contributed by atoms with Crippen LogP contribution in [0.15, 0.2) is 21.7 Å². The fourth-order valence-electron chi connectivity index (χ4n) is 2.25. The van der Waals surface area contributed by atoms with E-state index in [2.05, 4.69) is 10.1 Å². The normalized spacial score (nSPS) is 12.5. The maximum Gasteiger partial charge on any atom is 0.389 e. The summed E-state index contributed by atoms with van der Waals surface area (Å²) >= 11 is 0. The first kappa shape index (κ1) is 13.5. The number of hydrogen-bond donors (Lipinski definition) is 2. The van der Waals surface area contributed by atoms with Crippen molar-refractivity contribution >= 4 is 27.6 Å². The van der Waals surface area contributed by atoms with E-state index in [1.54, 1.807) is 0 Å². The van der Waals surface area contributed by atoms with Crippen LogP contribution in [0.2, 0.25) is 0 Å². The van der Waals surface area contributed by atoms with Crippen molar-refractivity contribution in [3.8, 4) is 0 Å². The molecule has 0 atom stereocenters. The number of aromatic amines is 1. The van der Waals surface area contributed by atoms with Gasteiger partial charge in [-0.25, -0.2) is 9.78 Å². The molecule has 0 radical (unpaired) electrons. The SMILES string of the molecule is Nc1c2c[nH]n(CCCC(F)(F)F)c2nc2coc(=O)c12. The molecule has 3 heterocycles. The lowest BCUT2D eigenvalue weighted by Gasteiger charge is -2.07. The van der Waals surface area contributed by atoms with Crippen molar-refractivity contribution in [3.05, 3.63) is 22.9 Å². The molecule has 112 valence electrons. The van der Waals surface area contributed by atoms with Gasteiger partial charge in [-0.3, -0.25) is 4.68 Å². The number of fused-ring (bicyclic) bond motifs is 2. The van der Waals surface area contributed by atoms with Gasteiger partial charge in [0.2, 0.25) is 0 Å². The highest BCUT2D eigenvalue weighted by atomic mass is 19.4. The van der Waals surface area contributed by atoms with Gasteiger partial charge < -0.3 is 15.2 Å². The molecule has 3 aromatic rings. The van der Waals surface area contributed by atoms with Crippen LogP contribution in [-0.2, 0) is 6.54 Å². The highest BCUT2D eigenvalue weighted by Crippen LogP contribution is 2.27. The summed E-state index contributed by atoms with van der Waals surface area (Å²) in [6.07, 6.45) is -2.46. The maximum absolute atomic E-state index is 12.2. The Bertz CT molecular complexity index is 859. The molecule has 0 amide bonds. The Hall–Kier alpha value is -2.45. The van der Waals surface area contributed by atoms with E-state index >= 15 is 0 Å². The molecule has 3 N–H and O–H groups in total. The first-order chi connectivity index (χ1) is 9.87. The summed E-state index contributed by atoms with van der Waals surface area (Å²) in [5.41, 5.74) is 6.20. The smallest absolute Gasteiger partial charge is 0.389 e. The third-order valence-corrected chi connectivity index (χ3v) is 3.23. The molecule has 3 aromatic heterocycles. The van der Waals surface area contributed by atoms with E-state index in [1.165, 1.54) is 17.1 Å². The van der Waals surface area contributed by atoms with Gasteiger partial charge in [-0.05, 0) is 6.42 Å². The molecule has 0 aliphatic rings. The summed E-state index contributed by atoms with van der Waals surface area (Å²) in [6.45, 7) is 0.114. The fraction of sp³-hybridized carbons (Fsp3) is 0.333. The van der Waals surface area contributed by atoms with E-state index in [0.29, 0.717) is 11.0 Å². The Morgan fingerprint density at radius 2 is 2.19 bits per heavy atom. The van der Waals surface area contributed by atoms with Crippen LogP contribution < -0.4 is 11.4 Å². The number of aryl methyl sites for hydroxylation is 1. The highest BCUT2D eigenvalue weighted by Gasteiger charge is 2.26. The molecule has 21 heavy (non-hydrogen) atoms. The van der Waals surface area contributed by atoms with Crippen molar-refractivity contribution < 1.29 is 17.6 Å². The predicted molar refractivity (Wildman–Crippen MR) is 69.8 cm³/mol. The number of alkyl halides is 3. The van der Waals surface area contributed by atoms with Crippen molar-refractivity contribution in [2.24, 2.45) is 0 Å². The van der Waals surface area contributed by atoms with Gasteiger partial charge in [0.25, 0.3) is 0 Å². The van der Waals surface area contributed by atoms with Gasteiger partial charge in [0.1, 0.15) is 17.2 Å². The molecule has 0 bridgehead atoms. The van der Waals surface area contributed by atoms with Gasteiger partial charge in [0.15, 0.2) is 5.65 Å². The van der Waals surface area contributed by atoms with E-state index in [9.17, 15) is 18.0 Å². The average molecular weight is 300 g/mol. The van der Waals surface area contributed by atoms with Gasteiger partial charge in [0, 0.05) is 19.2 Å². The third kappa shape index (κ3) is 2.34. The molecule has 0 aliphatic carbocycles. The molecule has 0 spiro atoms. The number of rotatable bonds is 3. The number of anilines is 1.